The van der Waals surface area contributed by atoms with Crippen LogP contribution in [0.3, 0.4) is 0 Å². The van der Waals surface area contributed by atoms with Crippen molar-refractivity contribution in [1.29, 1.82) is 0 Å². The molecule has 0 aliphatic heterocycles. The molecule has 0 spiro atoms. The number of sulfone groups is 1. The summed E-state index contributed by atoms with van der Waals surface area (Å²) in [6.07, 6.45) is 2.60. The predicted molar refractivity (Wildman–Crippen MR) is 92.9 cm³/mol. The molecule has 1 aliphatic carbocycles. The molecule has 1 saturated carbocycles. The van der Waals surface area contributed by atoms with Crippen molar-refractivity contribution in [2.45, 2.75) is 36.7 Å². The molecule has 0 aromatic heterocycles. The zero-order chi connectivity index (χ0) is 17.9. The highest BCUT2D eigenvalue weighted by atomic mass is 32.2. The maximum atomic E-state index is 13.8. The van der Waals surface area contributed by atoms with Gasteiger partial charge in [-0.3, -0.25) is 4.90 Å². The third-order valence-electron chi connectivity index (χ3n) is 4.43. The van der Waals surface area contributed by atoms with Gasteiger partial charge in [0, 0.05) is 18.2 Å². The molecular formula is C19H21F2NO2S. The molecule has 134 valence electrons. The van der Waals surface area contributed by atoms with Crippen molar-refractivity contribution in [3.63, 3.8) is 0 Å². The zero-order valence-electron chi connectivity index (χ0n) is 13.9. The fourth-order valence-corrected chi connectivity index (χ4v) is 4.19. The molecule has 25 heavy (non-hydrogen) atoms. The third-order valence-corrected chi connectivity index (χ3v) is 6.24. The highest BCUT2D eigenvalue weighted by molar-refractivity contribution is 7.91. The van der Waals surface area contributed by atoms with Gasteiger partial charge in [-0.15, -0.1) is 0 Å². The van der Waals surface area contributed by atoms with E-state index in [-0.39, 0.29) is 16.5 Å². The standard InChI is InChI=1S/C19H21F2NO2S/c20-16-6-10-18(11-7-16)25(23,24)13-3-12-22(17-8-9-17)14-15-4-1-2-5-19(15)21/h1-2,4-7,10-11,17H,3,8-9,12-14H2. The molecule has 3 rings (SSSR count). The summed E-state index contributed by atoms with van der Waals surface area (Å²) < 4.78 is 51.4. The lowest BCUT2D eigenvalue weighted by Crippen LogP contribution is -2.28. The minimum absolute atomic E-state index is 0.000869. The van der Waals surface area contributed by atoms with Crippen LogP contribution in [-0.2, 0) is 16.4 Å². The minimum atomic E-state index is -3.43. The Morgan fingerprint density at radius 1 is 1.00 bits per heavy atom. The Morgan fingerprint density at radius 3 is 2.32 bits per heavy atom. The van der Waals surface area contributed by atoms with Crippen LogP contribution in [0.2, 0.25) is 0 Å². The lowest BCUT2D eigenvalue weighted by atomic mass is 10.2. The Hall–Kier alpha value is -1.79. The van der Waals surface area contributed by atoms with Crippen LogP contribution in [-0.4, -0.2) is 31.7 Å². The Morgan fingerprint density at radius 2 is 1.68 bits per heavy atom. The summed E-state index contributed by atoms with van der Waals surface area (Å²) in [5.41, 5.74) is 0.635. The highest BCUT2D eigenvalue weighted by Gasteiger charge is 2.29. The van der Waals surface area contributed by atoms with E-state index in [1.54, 1.807) is 12.1 Å². The van der Waals surface area contributed by atoms with Crippen molar-refractivity contribution in [2.75, 3.05) is 12.3 Å². The van der Waals surface area contributed by atoms with E-state index in [2.05, 4.69) is 4.90 Å². The van der Waals surface area contributed by atoms with Crippen molar-refractivity contribution in [3.8, 4) is 0 Å². The van der Waals surface area contributed by atoms with Crippen LogP contribution >= 0.6 is 0 Å². The molecule has 3 nitrogen and oxygen atoms in total. The second-order valence-corrected chi connectivity index (χ2v) is 8.53. The van der Waals surface area contributed by atoms with Gasteiger partial charge in [-0.1, -0.05) is 18.2 Å². The van der Waals surface area contributed by atoms with Crippen LogP contribution in [0.15, 0.2) is 53.4 Å². The van der Waals surface area contributed by atoms with Gasteiger partial charge in [0.05, 0.1) is 10.6 Å². The van der Waals surface area contributed by atoms with Gasteiger partial charge in [-0.05, 0) is 56.1 Å². The first-order valence-electron chi connectivity index (χ1n) is 8.41. The summed E-state index contributed by atoms with van der Waals surface area (Å²) in [7, 11) is -3.43. The molecule has 1 fully saturated rings. The number of nitrogens with zero attached hydrogens (tertiary/aromatic N) is 1. The number of benzene rings is 2. The minimum Gasteiger partial charge on any atom is -0.296 e. The Labute approximate surface area is 147 Å². The zero-order valence-corrected chi connectivity index (χ0v) is 14.7. The second kappa shape index (κ2) is 7.62. The average Bonchev–Trinajstić information content (AvgIpc) is 3.41. The predicted octanol–water partition coefficient (Wildman–Crippen LogP) is 3.79. The summed E-state index contributed by atoms with van der Waals surface area (Å²) in [6.45, 7) is 1.09. The summed E-state index contributed by atoms with van der Waals surface area (Å²) in [4.78, 5) is 2.29. The maximum Gasteiger partial charge on any atom is 0.178 e. The molecule has 0 heterocycles. The molecule has 0 atom stereocenters. The molecule has 0 radical (unpaired) electrons. The van der Waals surface area contributed by atoms with E-state index in [1.807, 2.05) is 6.07 Å². The van der Waals surface area contributed by atoms with Crippen molar-refractivity contribution >= 4 is 9.84 Å². The quantitative estimate of drug-likeness (QED) is 0.668. The normalized spacial score (nSPS) is 14.8. The second-order valence-electron chi connectivity index (χ2n) is 6.42. The molecule has 6 heteroatoms. The smallest absolute Gasteiger partial charge is 0.178 e. The van der Waals surface area contributed by atoms with E-state index in [4.69, 9.17) is 0 Å². The van der Waals surface area contributed by atoms with Crippen molar-refractivity contribution in [2.24, 2.45) is 0 Å². The monoisotopic (exact) mass is 365 g/mol. The molecule has 0 bridgehead atoms. The SMILES string of the molecule is O=S(=O)(CCCN(Cc1ccccc1F)C1CC1)c1ccc(F)cc1. The van der Waals surface area contributed by atoms with Crippen molar-refractivity contribution in [1.82, 2.24) is 4.90 Å². The van der Waals surface area contributed by atoms with Gasteiger partial charge in [0.2, 0.25) is 0 Å². The van der Waals surface area contributed by atoms with E-state index in [1.165, 1.54) is 18.2 Å². The highest BCUT2D eigenvalue weighted by Crippen LogP contribution is 2.29. The van der Waals surface area contributed by atoms with Crippen LogP contribution in [0.1, 0.15) is 24.8 Å². The fraction of sp³-hybridized carbons (Fsp3) is 0.368. The van der Waals surface area contributed by atoms with Gasteiger partial charge in [0.15, 0.2) is 9.84 Å². The molecule has 1 aliphatic rings. The molecule has 2 aromatic carbocycles. The Balaban J connectivity index is 1.59. The van der Waals surface area contributed by atoms with Crippen LogP contribution < -0.4 is 0 Å². The molecule has 2 aromatic rings. The Kier molecular flexibility index (Phi) is 5.49. The van der Waals surface area contributed by atoms with Gasteiger partial charge in [0.1, 0.15) is 11.6 Å². The number of rotatable bonds is 8. The molecular weight excluding hydrogens is 344 g/mol. The number of hydrogen-bond acceptors (Lipinski definition) is 3. The first-order chi connectivity index (χ1) is 12.0. The van der Waals surface area contributed by atoms with E-state index in [0.29, 0.717) is 31.1 Å². The molecule has 0 unspecified atom stereocenters. The summed E-state index contributed by atoms with van der Waals surface area (Å²) in [6, 6.07) is 12.0. The first kappa shape index (κ1) is 18.0. The van der Waals surface area contributed by atoms with Crippen LogP contribution in [0.4, 0.5) is 8.78 Å². The third kappa shape index (κ3) is 4.86. The summed E-state index contributed by atoms with van der Waals surface area (Å²) in [5, 5.41) is 0. The maximum absolute atomic E-state index is 13.8. The number of halogens is 2. The lowest BCUT2D eigenvalue weighted by Gasteiger charge is -2.22. The van der Waals surface area contributed by atoms with Crippen molar-refractivity contribution < 1.29 is 17.2 Å². The van der Waals surface area contributed by atoms with E-state index < -0.39 is 15.7 Å². The van der Waals surface area contributed by atoms with Gasteiger partial charge in [0.25, 0.3) is 0 Å². The molecule has 0 amide bonds. The lowest BCUT2D eigenvalue weighted by molar-refractivity contribution is 0.252. The fourth-order valence-electron chi connectivity index (χ4n) is 2.89. The van der Waals surface area contributed by atoms with Gasteiger partial charge in [-0.25, -0.2) is 17.2 Å². The van der Waals surface area contributed by atoms with E-state index >= 15 is 0 Å². The van der Waals surface area contributed by atoms with Crippen molar-refractivity contribution in [3.05, 3.63) is 65.7 Å². The van der Waals surface area contributed by atoms with Crippen LogP contribution in [0.5, 0.6) is 0 Å². The van der Waals surface area contributed by atoms with Gasteiger partial charge in [-0.2, -0.15) is 0 Å². The first-order valence-corrected chi connectivity index (χ1v) is 10.1. The summed E-state index contributed by atoms with van der Waals surface area (Å²) in [5.74, 6) is -0.685. The average molecular weight is 365 g/mol. The van der Waals surface area contributed by atoms with Crippen LogP contribution in [0, 0.1) is 11.6 Å². The molecule has 0 N–H and O–H groups in total. The van der Waals surface area contributed by atoms with Gasteiger partial charge < -0.3 is 0 Å². The van der Waals surface area contributed by atoms with Crippen LogP contribution in [0.25, 0.3) is 0 Å². The van der Waals surface area contributed by atoms with E-state index in [0.717, 1.165) is 25.0 Å². The van der Waals surface area contributed by atoms with Gasteiger partial charge >= 0.3 is 0 Å². The van der Waals surface area contributed by atoms with E-state index in [9.17, 15) is 17.2 Å². The topological polar surface area (TPSA) is 37.4 Å². The number of hydrogen-bond donors (Lipinski definition) is 0. The Bertz CT molecular complexity index is 818. The molecule has 0 saturated heterocycles. The largest absolute Gasteiger partial charge is 0.296 e. The summed E-state index contributed by atoms with van der Waals surface area (Å²) >= 11 is 0.